The topological polar surface area (TPSA) is 77.9 Å². The largest absolute Gasteiger partial charge is 0.504 e. The number of hydrogen-bond acceptors (Lipinski definition) is 5. The number of benzene rings is 2. The summed E-state index contributed by atoms with van der Waals surface area (Å²) in [7, 11) is 2.04. The van der Waals surface area contributed by atoms with Crippen molar-refractivity contribution in [2.24, 2.45) is 0 Å². The molecule has 2 unspecified atom stereocenters. The highest BCUT2D eigenvalue weighted by atomic mass is 19.1. The van der Waals surface area contributed by atoms with Gasteiger partial charge in [0.25, 0.3) is 0 Å². The van der Waals surface area contributed by atoms with Crippen LogP contribution in [0.15, 0.2) is 24.3 Å². The second-order valence-electron chi connectivity index (χ2n) is 10.8. The highest BCUT2D eigenvalue weighted by Gasteiger charge is 2.80. The van der Waals surface area contributed by atoms with E-state index in [1.807, 2.05) is 20.0 Å². The summed E-state index contributed by atoms with van der Waals surface area (Å²) >= 11 is 0. The lowest BCUT2D eigenvalue weighted by molar-refractivity contribution is -0.0851. The molecule has 6 nitrogen and oxygen atoms in total. The van der Waals surface area contributed by atoms with Crippen molar-refractivity contribution in [1.29, 1.82) is 0 Å². The smallest absolute Gasteiger partial charge is 0.166 e. The molecule has 8 rings (SSSR count). The maximum absolute atomic E-state index is 14.7. The van der Waals surface area contributed by atoms with E-state index in [9.17, 15) is 19.7 Å². The lowest BCUT2D eigenvalue weighted by atomic mass is 9.58. The molecule has 1 aromatic heterocycles. The zero-order valence-corrected chi connectivity index (χ0v) is 18.5. The standard InChI is InChI=1S/C26H25FN2O4/c1-11-3-4-18(31)22-19(11)25-10-16-23(28(16)2)26(25,32)9-15-13-7-12(27)8-14-17(30)5-6-29(20(13)14)21(15)24(25)33-22/h3-4,7-8,16-17,23-24,30-32H,5-6,9-10H2,1-2H3/t16?,17-,23+,24-,25-,26+,28?/m0/s1. The van der Waals surface area contributed by atoms with Crippen molar-refractivity contribution in [1.82, 2.24) is 9.47 Å². The molecule has 33 heavy (non-hydrogen) atoms. The zero-order valence-electron chi connectivity index (χ0n) is 18.5. The SMILES string of the molecule is Cc1ccc(O)c2c1[C@]13CC4[C@@H](N4C)[C@]1(O)Cc1c(n4c5c(cc(F)cc15)[C@@H](O)CC4)[C@@H]3O2. The van der Waals surface area contributed by atoms with Crippen LogP contribution in [0.5, 0.6) is 11.5 Å². The Hall–Kier alpha value is -2.61. The van der Waals surface area contributed by atoms with Gasteiger partial charge in [0.15, 0.2) is 17.6 Å². The number of aliphatic hydroxyl groups is 2. The minimum absolute atomic E-state index is 0.00778. The van der Waals surface area contributed by atoms with Gasteiger partial charge in [-0.1, -0.05) is 6.07 Å². The molecule has 7 heteroatoms. The number of aromatic hydroxyl groups is 1. The van der Waals surface area contributed by atoms with Gasteiger partial charge in [0, 0.05) is 35.5 Å². The Kier molecular flexibility index (Phi) is 3.06. The van der Waals surface area contributed by atoms with E-state index in [0.29, 0.717) is 30.7 Å². The van der Waals surface area contributed by atoms with Crippen LogP contribution < -0.4 is 4.74 Å². The molecule has 3 aromatic rings. The fourth-order valence-corrected chi connectivity index (χ4v) is 8.20. The Morgan fingerprint density at radius 2 is 2.06 bits per heavy atom. The number of likely N-dealkylation sites (N-methyl/N-ethyl adjacent to an activating group) is 1. The Morgan fingerprint density at radius 1 is 1.24 bits per heavy atom. The number of aromatic nitrogens is 1. The first-order valence-electron chi connectivity index (χ1n) is 11.7. The molecule has 7 atom stereocenters. The van der Waals surface area contributed by atoms with Gasteiger partial charge in [-0.15, -0.1) is 0 Å². The number of phenolic OH excluding ortho intramolecular Hbond substituents is 1. The van der Waals surface area contributed by atoms with Gasteiger partial charge >= 0.3 is 0 Å². The number of aliphatic hydroxyl groups excluding tert-OH is 1. The number of phenols is 1. The summed E-state index contributed by atoms with van der Waals surface area (Å²) in [4.78, 5) is 2.22. The summed E-state index contributed by atoms with van der Waals surface area (Å²) in [6.45, 7) is 2.62. The number of nitrogens with zero attached hydrogens (tertiary/aromatic N) is 2. The Bertz CT molecular complexity index is 1430. The molecule has 0 bridgehead atoms. The maximum atomic E-state index is 14.7. The Morgan fingerprint density at radius 3 is 2.88 bits per heavy atom. The van der Waals surface area contributed by atoms with E-state index in [0.717, 1.165) is 39.7 Å². The minimum Gasteiger partial charge on any atom is -0.504 e. The third-order valence-electron chi connectivity index (χ3n) is 9.48. The van der Waals surface area contributed by atoms with Crippen molar-refractivity contribution in [3.8, 4) is 11.5 Å². The lowest BCUT2D eigenvalue weighted by Gasteiger charge is -2.49. The van der Waals surface area contributed by atoms with Gasteiger partial charge in [0.1, 0.15) is 5.82 Å². The third-order valence-corrected chi connectivity index (χ3v) is 9.48. The first-order chi connectivity index (χ1) is 15.8. The minimum atomic E-state index is -1.11. The van der Waals surface area contributed by atoms with E-state index in [4.69, 9.17) is 4.74 Å². The second kappa shape index (κ2) is 5.37. The normalized spacial score (nSPS) is 38.9. The van der Waals surface area contributed by atoms with E-state index in [1.165, 1.54) is 12.1 Å². The van der Waals surface area contributed by atoms with Crippen LogP contribution in [0, 0.1) is 12.7 Å². The van der Waals surface area contributed by atoms with Crippen LogP contribution in [-0.2, 0) is 18.4 Å². The van der Waals surface area contributed by atoms with E-state index in [2.05, 4.69) is 9.47 Å². The number of hydrogen-bond donors (Lipinski definition) is 3. The average molecular weight is 448 g/mol. The molecule has 0 amide bonds. The molecular formula is C26H25FN2O4. The molecule has 170 valence electrons. The summed E-state index contributed by atoms with van der Waals surface area (Å²) in [6, 6.07) is 6.78. The number of fused-ring (bicyclic) bond motifs is 7. The van der Waals surface area contributed by atoms with Crippen LogP contribution in [-0.4, -0.2) is 49.5 Å². The molecule has 3 aliphatic heterocycles. The van der Waals surface area contributed by atoms with Gasteiger partial charge in [0.05, 0.1) is 34.4 Å². The number of rotatable bonds is 0. The van der Waals surface area contributed by atoms with Crippen LogP contribution in [0.25, 0.3) is 10.9 Å². The third kappa shape index (κ3) is 1.81. The molecule has 1 spiro atoms. The summed E-state index contributed by atoms with van der Waals surface area (Å²) in [5.74, 6) is 0.184. The maximum Gasteiger partial charge on any atom is 0.166 e. The molecule has 3 N–H and O–H groups in total. The summed E-state index contributed by atoms with van der Waals surface area (Å²) in [6.07, 6.45) is 0.452. The first kappa shape index (κ1) is 18.8. The summed E-state index contributed by atoms with van der Waals surface area (Å²) in [5.41, 5.74) is 3.47. The Labute approximate surface area is 189 Å². The van der Waals surface area contributed by atoms with Crippen LogP contribution in [0.3, 0.4) is 0 Å². The van der Waals surface area contributed by atoms with Crippen LogP contribution in [0.2, 0.25) is 0 Å². The van der Waals surface area contributed by atoms with Crippen molar-refractivity contribution < 1.29 is 24.4 Å². The first-order valence-corrected chi connectivity index (χ1v) is 11.7. The molecular weight excluding hydrogens is 423 g/mol. The van der Waals surface area contributed by atoms with Gasteiger partial charge in [0.2, 0.25) is 0 Å². The van der Waals surface area contributed by atoms with E-state index in [1.54, 1.807) is 6.07 Å². The fraction of sp³-hybridized carbons (Fsp3) is 0.462. The number of halogens is 1. The van der Waals surface area contributed by atoms with Crippen LogP contribution >= 0.6 is 0 Å². The molecule has 5 aliphatic rings. The van der Waals surface area contributed by atoms with E-state index < -0.39 is 23.2 Å². The number of piperidine rings is 1. The van der Waals surface area contributed by atoms with Crippen molar-refractivity contribution in [2.75, 3.05) is 7.05 Å². The van der Waals surface area contributed by atoms with Gasteiger partial charge in [-0.3, -0.25) is 4.90 Å². The quantitative estimate of drug-likeness (QED) is 0.461. The van der Waals surface area contributed by atoms with Crippen LogP contribution in [0.4, 0.5) is 4.39 Å². The predicted octanol–water partition coefficient (Wildman–Crippen LogP) is 2.98. The van der Waals surface area contributed by atoms with Crippen molar-refractivity contribution in [3.05, 3.63) is 58.0 Å². The molecule has 0 radical (unpaired) electrons. The Balaban J connectivity index is 1.50. The fourth-order valence-electron chi connectivity index (χ4n) is 8.20. The van der Waals surface area contributed by atoms with Gasteiger partial charge in [-0.05, 0) is 56.1 Å². The van der Waals surface area contributed by atoms with Crippen LogP contribution in [0.1, 0.15) is 53.0 Å². The van der Waals surface area contributed by atoms with Crippen molar-refractivity contribution in [3.63, 3.8) is 0 Å². The summed E-state index contributed by atoms with van der Waals surface area (Å²) < 4.78 is 23.5. The van der Waals surface area contributed by atoms with Gasteiger partial charge in [-0.25, -0.2) is 4.39 Å². The molecule has 2 fully saturated rings. The second-order valence-corrected chi connectivity index (χ2v) is 10.8. The number of aryl methyl sites for hydroxylation is 2. The van der Waals surface area contributed by atoms with Crippen molar-refractivity contribution in [2.45, 2.75) is 68.0 Å². The molecule has 4 heterocycles. The van der Waals surface area contributed by atoms with Gasteiger partial charge in [-0.2, -0.15) is 0 Å². The highest BCUT2D eigenvalue weighted by Crippen LogP contribution is 2.72. The van der Waals surface area contributed by atoms with Gasteiger partial charge < -0.3 is 24.6 Å². The number of ether oxygens (including phenoxy) is 1. The summed E-state index contributed by atoms with van der Waals surface area (Å²) in [5, 5.41) is 34.7. The predicted molar refractivity (Wildman–Crippen MR) is 118 cm³/mol. The highest BCUT2D eigenvalue weighted by molar-refractivity contribution is 5.90. The molecule has 1 saturated heterocycles. The number of likely N-dealkylation sites (tertiary alicyclic amines) is 1. The zero-order chi connectivity index (χ0) is 22.6. The van der Waals surface area contributed by atoms with Crippen molar-refractivity contribution >= 4 is 10.9 Å². The lowest BCUT2D eigenvalue weighted by Crippen LogP contribution is -2.60. The molecule has 1 saturated carbocycles. The average Bonchev–Trinajstić information content (AvgIpc) is 3.06. The molecule has 2 aliphatic carbocycles. The monoisotopic (exact) mass is 448 g/mol. The molecule has 2 aromatic carbocycles. The van der Waals surface area contributed by atoms with E-state index >= 15 is 0 Å². The van der Waals surface area contributed by atoms with E-state index in [-0.39, 0.29) is 23.7 Å².